The van der Waals surface area contributed by atoms with Crippen LogP contribution in [0.2, 0.25) is 0 Å². The van der Waals surface area contributed by atoms with Crippen molar-refractivity contribution in [2.75, 3.05) is 19.2 Å². The Morgan fingerprint density at radius 2 is 2.05 bits per heavy atom. The van der Waals surface area contributed by atoms with Gasteiger partial charge in [-0.1, -0.05) is 13.0 Å². The summed E-state index contributed by atoms with van der Waals surface area (Å²) in [6.45, 7) is 1.73. The first kappa shape index (κ1) is 12.7. The predicted molar refractivity (Wildman–Crippen MR) is 69.1 cm³/mol. The summed E-state index contributed by atoms with van der Waals surface area (Å²) >= 11 is 0. The average Bonchev–Trinajstić information content (AvgIpc) is 2.99. The summed E-state index contributed by atoms with van der Waals surface area (Å²) in [5, 5.41) is 8.87. The van der Waals surface area contributed by atoms with Crippen LogP contribution in [0.5, 0.6) is 11.5 Å². The van der Waals surface area contributed by atoms with Crippen molar-refractivity contribution in [2.45, 2.75) is 18.1 Å². The molecule has 0 amide bonds. The second-order valence-electron chi connectivity index (χ2n) is 4.90. The van der Waals surface area contributed by atoms with Gasteiger partial charge >= 0.3 is 0 Å². The SMILES string of the molecule is CCS(=O)(=O)[C@H]1[C@H](CO)[C@@H]1c1ccc2c(c1)OCO2. The molecule has 19 heavy (non-hydrogen) atoms. The third-order valence-electron chi connectivity index (χ3n) is 3.91. The van der Waals surface area contributed by atoms with Crippen molar-refractivity contribution < 1.29 is 23.0 Å². The number of fused-ring (bicyclic) bond motifs is 1. The van der Waals surface area contributed by atoms with Gasteiger partial charge in [-0.3, -0.25) is 0 Å². The highest BCUT2D eigenvalue weighted by Gasteiger charge is 2.57. The van der Waals surface area contributed by atoms with Crippen molar-refractivity contribution in [2.24, 2.45) is 5.92 Å². The van der Waals surface area contributed by atoms with Crippen LogP contribution in [-0.2, 0) is 9.84 Å². The minimum atomic E-state index is -3.13. The molecule has 6 heteroatoms. The molecule has 1 aromatic carbocycles. The van der Waals surface area contributed by atoms with Gasteiger partial charge < -0.3 is 14.6 Å². The quantitative estimate of drug-likeness (QED) is 0.890. The zero-order valence-electron chi connectivity index (χ0n) is 10.6. The standard InChI is InChI=1S/C13H16O5S/c1-2-19(15,16)13-9(6-14)12(13)8-3-4-10-11(5-8)18-7-17-10/h3-5,9,12-14H,2,6-7H2,1H3/t9-,12+,13+/m1/s1. The predicted octanol–water partition coefficient (Wildman–Crippen LogP) is 0.924. The van der Waals surface area contributed by atoms with Gasteiger partial charge in [0, 0.05) is 24.2 Å². The lowest BCUT2D eigenvalue weighted by atomic mass is 10.1. The second-order valence-corrected chi connectivity index (χ2v) is 7.35. The van der Waals surface area contributed by atoms with E-state index in [-0.39, 0.29) is 31.0 Å². The largest absolute Gasteiger partial charge is 0.454 e. The number of benzene rings is 1. The molecule has 1 aliphatic carbocycles. The highest BCUT2D eigenvalue weighted by molar-refractivity contribution is 7.92. The molecule has 0 aromatic heterocycles. The van der Waals surface area contributed by atoms with Gasteiger partial charge in [-0.05, 0) is 17.7 Å². The Morgan fingerprint density at radius 3 is 2.74 bits per heavy atom. The number of sulfone groups is 1. The van der Waals surface area contributed by atoms with Crippen molar-refractivity contribution in [1.29, 1.82) is 0 Å². The lowest BCUT2D eigenvalue weighted by molar-refractivity contribution is 0.174. The molecule has 1 fully saturated rings. The fourth-order valence-electron chi connectivity index (χ4n) is 2.80. The van der Waals surface area contributed by atoms with Gasteiger partial charge in [0.2, 0.25) is 6.79 Å². The molecule has 0 spiro atoms. The summed E-state index contributed by atoms with van der Waals surface area (Å²) < 4.78 is 34.5. The van der Waals surface area contributed by atoms with Gasteiger partial charge in [-0.15, -0.1) is 0 Å². The molecule has 1 aliphatic heterocycles. The highest BCUT2D eigenvalue weighted by Crippen LogP contribution is 2.53. The summed E-state index contributed by atoms with van der Waals surface area (Å²) in [6.07, 6.45) is 0. The van der Waals surface area contributed by atoms with Gasteiger partial charge in [-0.25, -0.2) is 8.42 Å². The molecule has 3 rings (SSSR count). The number of rotatable bonds is 4. The zero-order valence-corrected chi connectivity index (χ0v) is 11.4. The molecular weight excluding hydrogens is 268 g/mol. The first-order valence-electron chi connectivity index (χ1n) is 6.30. The lowest BCUT2D eigenvalue weighted by Gasteiger charge is -2.02. The summed E-state index contributed by atoms with van der Waals surface area (Å²) in [6, 6.07) is 5.47. The normalized spacial score (nSPS) is 28.4. The molecule has 0 unspecified atom stereocenters. The van der Waals surface area contributed by atoms with Gasteiger partial charge in [0.1, 0.15) is 0 Å². The number of aliphatic hydroxyl groups is 1. The van der Waals surface area contributed by atoms with E-state index in [0.29, 0.717) is 11.5 Å². The molecule has 1 heterocycles. The zero-order chi connectivity index (χ0) is 13.6. The van der Waals surface area contributed by atoms with Gasteiger partial charge in [0.25, 0.3) is 0 Å². The molecular formula is C13H16O5S. The van der Waals surface area contributed by atoms with Crippen molar-refractivity contribution >= 4 is 9.84 Å². The van der Waals surface area contributed by atoms with Crippen LogP contribution in [0.1, 0.15) is 18.4 Å². The van der Waals surface area contributed by atoms with E-state index < -0.39 is 15.1 Å². The van der Waals surface area contributed by atoms with Crippen LogP contribution < -0.4 is 9.47 Å². The Bertz CT molecular complexity index is 595. The maximum atomic E-state index is 12.0. The number of hydrogen-bond donors (Lipinski definition) is 1. The molecule has 1 N–H and O–H groups in total. The Balaban J connectivity index is 1.91. The lowest BCUT2D eigenvalue weighted by Crippen LogP contribution is -2.13. The van der Waals surface area contributed by atoms with Crippen LogP contribution in [0.15, 0.2) is 18.2 Å². The van der Waals surface area contributed by atoms with Gasteiger partial charge in [0.05, 0.1) is 5.25 Å². The maximum absolute atomic E-state index is 12.0. The maximum Gasteiger partial charge on any atom is 0.231 e. The molecule has 2 aliphatic rings. The van der Waals surface area contributed by atoms with Crippen LogP contribution in [0.4, 0.5) is 0 Å². The fraction of sp³-hybridized carbons (Fsp3) is 0.538. The smallest absolute Gasteiger partial charge is 0.231 e. The van der Waals surface area contributed by atoms with Crippen molar-refractivity contribution in [3.05, 3.63) is 23.8 Å². The Hall–Kier alpha value is -1.27. The Kier molecular flexibility index (Phi) is 2.94. The van der Waals surface area contributed by atoms with E-state index in [0.717, 1.165) is 5.56 Å². The minimum absolute atomic E-state index is 0.106. The molecule has 104 valence electrons. The fourth-order valence-corrected chi connectivity index (χ4v) is 4.69. The van der Waals surface area contributed by atoms with E-state index >= 15 is 0 Å². The minimum Gasteiger partial charge on any atom is -0.454 e. The Morgan fingerprint density at radius 1 is 1.32 bits per heavy atom. The number of aliphatic hydroxyl groups excluding tert-OH is 1. The van der Waals surface area contributed by atoms with Crippen LogP contribution in [0.25, 0.3) is 0 Å². The van der Waals surface area contributed by atoms with Gasteiger partial charge in [-0.2, -0.15) is 0 Å². The molecule has 0 saturated heterocycles. The van der Waals surface area contributed by atoms with Gasteiger partial charge in [0.15, 0.2) is 21.3 Å². The molecule has 3 atom stereocenters. The molecule has 0 bridgehead atoms. The highest BCUT2D eigenvalue weighted by atomic mass is 32.2. The number of ether oxygens (including phenoxy) is 2. The van der Waals surface area contributed by atoms with E-state index in [9.17, 15) is 13.5 Å². The topological polar surface area (TPSA) is 72.8 Å². The average molecular weight is 284 g/mol. The van der Waals surface area contributed by atoms with Crippen LogP contribution in [0, 0.1) is 5.92 Å². The van der Waals surface area contributed by atoms with E-state index in [1.165, 1.54) is 0 Å². The first-order chi connectivity index (χ1) is 9.08. The van der Waals surface area contributed by atoms with Crippen LogP contribution in [-0.4, -0.2) is 37.9 Å². The molecule has 1 saturated carbocycles. The molecule has 1 aromatic rings. The summed E-state index contributed by atoms with van der Waals surface area (Å²) in [7, 11) is -3.13. The van der Waals surface area contributed by atoms with E-state index in [2.05, 4.69) is 0 Å². The molecule has 0 radical (unpaired) electrons. The van der Waals surface area contributed by atoms with Crippen LogP contribution >= 0.6 is 0 Å². The van der Waals surface area contributed by atoms with Crippen molar-refractivity contribution in [1.82, 2.24) is 0 Å². The van der Waals surface area contributed by atoms with Crippen molar-refractivity contribution in [3.63, 3.8) is 0 Å². The summed E-state index contributed by atoms with van der Waals surface area (Å²) in [5.41, 5.74) is 0.894. The number of hydrogen-bond acceptors (Lipinski definition) is 5. The third kappa shape index (κ3) is 1.99. The summed E-state index contributed by atoms with van der Waals surface area (Å²) in [4.78, 5) is 0. The van der Waals surface area contributed by atoms with Crippen molar-refractivity contribution in [3.8, 4) is 11.5 Å². The first-order valence-corrected chi connectivity index (χ1v) is 8.02. The van der Waals surface area contributed by atoms with E-state index in [1.54, 1.807) is 13.0 Å². The third-order valence-corrected chi connectivity index (χ3v) is 6.18. The Labute approximate surface area is 112 Å². The summed E-state index contributed by atoms with van der Waals surface area (Å²) in [5.74, 6) is 1.10. The monoisotopic (exact) mass is 284 g/mol. The van der Waals surface area contributed by atoms with Crippen LogP contribution in [0.3, 0.4) is 0 Å². The van der Waals surface area contributed by atoms with E-state index in [4.69, 9.17) is 9.47 Å². The van der Waals surface area contributed by atoms with E-state index in [1.807, 2.05) is 12.1 Å². The second kappa shape index (κ2) is 4.38. The molecule has 5 nitrogen and oxygen atoms in total.